The van der Waals surface area contributed by atoms with Crippen LogP contribution in [0.1, 0.15) is 0 Å². The zero-order valence-electron chi connectivity index (χ0n) is 14.7. The molecule has 0 radical (unpaired) electrons. The fraction of sp³-hybridized carbons (Fsp3) is 0.0556. The molecule has 7 nitrogen and oxygen atoms in total. The van der Waals surface area contributed by atoms with Crippen LogP contribution in [-0.2, 0) is 14.8 Å². The third kappa shape index (κ3) is 4.93. The van der Waals surface area contributed by atoms with E-state index >= 15 is 0 Å². The summed E-state index contributed by atoms with van der Waals surface area (Å²) < 4.78 is 29.0. The fourth-order valence-corrected chi connectivity index (χ4v) is 6.06. The molecule has 0 spiro atoms. The number of carbonyl (C=O) groups excluding carboxylic acids is 1. The maximum Gasteiger partial charge on any atom is 0.263 e. The predicted octanol–water partition coefficient (Wildman–Crippen LogP) is 4.28. The lowest BCUT2D eigenvalue weighted by Crippen LogP contribution is -2.15. The lowest BCUT2D eigenvalue weighted by atomic mass is 10.3. The summed E-state index contributed by atoms with van der Waals surface area (Å²) in [6.45, 7) is 0. The number of amides is 1. The molecule has 0 atom stereocenters. The molecule has 0 saturated carbocycles. The molecule has 11 heteroatoms. The zero-order valence-corrected chi connectivity index (χ0v) is 18.0. The van der Waals surface area contributed by atoms with Crippen molar-refractivity contribution in [3.63, 3.8) is 0 Å². The minimum Gasteiger partial charge on any atom is -0.325 e. The van der Waals surface area contributed by atoms with Crippen LogP contribution in [0.15, 0.2) is 69.3 Å². The first-order valence-corrected chi connectivity index (χ1v) is 12.5. The Morgan fingerprint density at radius 2 is 1.90 bits per heavy atom. The number of sulfonamides is 1. The van der Waals surface area contributed by atoms with E-state index in [0.29, 0.717) is 10.8 Å². The maximum atomic E-state index is 12.3. The molecule has 2 N–H and O–H groups in total. The van der Waals surface area contributed by atoms with Gasteiger partial charge in [0.15, 0.2) is 9.47 Å². The first-order chi connectivity index (χ1) is 14.0. The van der Waals surface area contributed by atoms with Crippen LogP contribution >= 0.6 is 34.4 Å². The molecule has 0 unspecified atom stereocenters. The molecular weight excluding hydrogens is 448 g/mol. The van der Waals surface area contributed by atoms with Gasteiger partial charge in [0.2, 0.25) is 5.91 Å². The second-order valence-electron chi connectivity index (χ2n) is 5.75. The molecule has 0 aliphatic heterocycles. The summed E-state index contributed by atoms with van der Waals surface area (Å²) in [5.74, 6) is 0.0247. The van der Waals surface area contributed by atoms with E-state index in [1.54, 1.807) is 28.8 Å². The Balaban J connectivity index is 1.35. The average molecular weight is 463 g/mol. The molecule has 0 fully saturated rings. The second-order valence-corrected chi connectivity index (χ2v) is 10.6. The minimum absolute atomic E-state index is 0.0922. The SMILES string of the molecule is O=C(CSc1nc2ccccc2s1)Nc1ccc(S(=O)(=O)Nc2nccs2)cc1. The van der Waals surface area contributed by atoms with E-state index < -0.39 is 10.0 Å². The van der Waals surface area contributed by atoms with E-state index in [9.17, 15) is 13.2 Å². The monoisotopic (exact) mass is 462 g/mol. The van der Waals surface area contributed by atoms with Gasteiger partial charge >= 0.3 is 0 Å². The van der Waals surface area contributed by atoms with Gasteiger partial charge in [-0.1, -0.05) is 23.9 Å². The van der Waals surface area contributed by atoms with Gasteiger partial charge < -0.3 is 5.32 Å². The Labute approximate surface area is 179 Å². The third-order valence-corrected chi connectivity index (χ3v) is 8.06. The quantitative estimate of drug-likeness (QED) is 0.398. The number of thiazole rings is 2. The molecule has 0 aliphatic rings. The number of rotatable bonds is 7. The Hall–Kier alpha value is -2.47. The van der Waals surface area contributed by atoms with Crippen molar-refractivity contribution in [1.29, 1.82) is 0 Å². The summed E-state index contributed by atoms with van der Waals surface area (Å²) in [6.07, 6.45) is 1.52. The number of hydrogen-bond acceptors (Lipinski definition) is 8. The lowest BCUT2D eigenvalue weighted by Gasteiger charge is -2.07. The summed E-state index contributed by atoms with van der Waals surface area (Å²) in [5.41, 5.74) is 1.44. The van der Waals surface area contributed by atoms with Crippen LogP contribution in [0.2, 0.25) is 0 Å². The number of aromatic nitrogens is 2. The van der Waals surface area contributed by atoms with Crippen LogP contribution < -0.4 is 10.0 Å². The van der Waals surface area contributed by atoms with Crippen molar-refractivity contribution >= 4 is 71.4 Å². The number of para-hydroxylation sites is 1. The van der Waals surface area contributed by atoms with Crippen molar-refractivity contribution < 1.29 is 13.2 Å². The highest BCUT2D eigenvalue weighted by atomic mass is 32.2. The number of fused-ring (bicyclic) bond motifs is 1. The van der Waals surface area contributed by atoms with Gasteiger partial charge in [0.1, 0.15) is 0 Å². The van der Waals surface area contributed by atoms with Crippen LogP contribution in [0.5, 0.6) is 0 Å². The van der Waals surface area contributed by atoms with Crippen molar-refractivity contribution in [2.45, 2.75) is 9.24 Å². The van der Waals surface area contributed by atoms with E-state index in [1.807, 2.05) is 24.3 Å². The van der Waals surface area contributed by atoms with Gasteiger partial charge in [-0.3, -0.25) is 9.52 Å². The second kappa shape index (κ2) is 8.49. The highest BCUT2D eigenvalue weighted by molar-refractivity contribution is 8.01. The van der Waals surface area contributed by atoms with Gasteiger partial charge in [-0.25, -0.2) is 18.4 Å². The molecule has 4 aromatic rings. The molecule has 0 bridgehead atoms. The predicted molar refractivity (Wildman–Crippen MR) is 118 cm³/mol. The van der Waals surface area contributed by atoms with Gasteiger partial charge in [-0.15, -0.1) is 22.7 Å². The lowest BCUT2D eigenvalue weighted by molar-refractivity contribution is -0.113. The smallest absolute Gasteiger partial charge is 0.263 e. The molecule has 2 aromatic heterocycles. The number of hydrogen-bond donors (Lipinski definition) is 2. The van der Waals surface area contributed by atoms with Crippen molar-refractivity contribution in [3.8, 4) is 0 Å². The van der Waals surface area contributed by atoms with Gasteiger partial charge in [0, 0.05) is 17.3 Å². The molecule has 0 saturated heterocycles. The number of thioether (sulfide) groups is 1. The largest absolute Gasteiger partial charge is 0.325 e. The van der Waals surface area contributed by atoms with Crippen LogP contribution in [-0.4, -0.2) is 30.0 Å². The summed E-state index contributed by atoms with van der Waals surface area (Å²) in [4.78, 5) is 20.7. The van der Waals surface area contributed by atoms with Gasteiger partial charge in [-0.05, 0) is 36.4 Å². The van der Waals surface area contributed by atoms with Crippen molar-refractivity contribution in [2.75, 3.05) is 15.8 Å². The summed E-state index contributed by atoms with van der Waals surface area (Å²) >= 11 is 4.11. The van der Waals surface area contributed by atoms with Gasteiger partial charge in [-0.2, -0.15) is 0 Å². The maximum absolute atomic E-state index is 12.3. The minimum atomic E-state index is -3.71. The van der Waals surface area contributed by atoms with Crippen molar-refractivity contribution in [2.24, 2.45) is 0 Å². The standard InChI is InChI=1S/C18H14N4O3S4/c23-16(11-27-18-21-14-3-1-2-4-15(14)28-18)20-12-5-7-13(8-6-12)29(24,25)22-17-19-9-10-26-17/h1-10H,11H2,(H,19,22)(H,20,23). The molecule has 2 heterocycles. The van der Waals surface area contributed by atoms with Gasteiger partial charge in [0.05, 0.1) is 20.9 Å². The molecule has 148 valence electrons. The van der Waals surface area contributed by atoms with E-state index in [-0.39, 0.29) is 16.6 Å². The Morgan fingerprint density at radius 1 is 1.10 bits per heavy atom. The van der Waals surface area contributed by atoms with E-state index in [0.717, 1.165) is 14.6 Å². The first-order valence-electron chi connectivity index (χ1n) is 8.30. The number of nitrogens with one attached hydrogen (secondary N) is 2. The van der Waals surface area contributed by atoms with Crippen molar-refractivity contribution in [1.82, 2.24) is 9.97 Å². The number of nitrogens with zero attached hydrogens (tertiary/aromatic N) is 2. The Morgan fingerprint density at radius 3 is 2.62 bits per heavy atom. The first kappa shape index (κ1) is 19.8. The number of benzene rings is 2. The van der Waals surface area contributed by atoms with E-state index in [1.165, 1.54) is 41.4 Å². The van der Waals surface area contributed by atoms with Crippen LogP contribution in [0.3, 0.4) is 0 Å². The molecule has 4 rings (SSSR count). The highest BCUT2D eigenvalue weighted by Crippen LogP contribution is 2.29. The fourth-order valence-electron chi connectivity index (χ4n) is 2.40. The molecule has 0 aliphatic carbocycles. The molecule has 29 heavy (non-hydrogen) atoms. The number of carbonyl (C=O) groups is 1. The molecule has 2 aromatic carbocycles. The zero-order chi connectivity index (χ0) is 20.3. The highest BCUT2D eigenvalue weighted by Gasteiger charge is 2.15. The average Bonchev–Trinajstić information content (AvgIpc) is 3.35. The Bertz CT molecular complexity index is 1200. The summed E-state index contributed by atoms with van der Waals surface area (Å²) in [5, 5.41) is 4.75. The molecular formula is C18H14N4O3S4. The van der Waals surface area contributed by atoms with E-state index in [4.69, 9.17) is 0 Å². The van der Waals surface area contributed by atoms with Crippen LogP contribution in [0.25, 0.3) is 10.2 Å². The summed E-state index contributed by atoms with van der Waals surface area (Å²) in [7, 11) is -3.71. The third-order valence-electron chi connectivity index (χ3n) is 3.70. The van der Waals surface area contributed by atoms with E-state index in [2.05, 4.69) is 20.0 Å². The van der Waals surface area contributed by atoms with Gasteiger partial charge in [0.25, 0.3) is 10.0 Å². The van der Waals surface area contributed by atoms with Crippen molar-refractivity contribution in [3.05, 3.63) is 60.1 Å². The Kier molecular flexibility index (Phi) is 5.81. The normalized spacial score (nSPS) is 11.4. The van der Waals surface area contributed by atoms with Crippen LogP contribution in [0.4, 0.5) is 10.8 Å². The topological polar surface area (TPSA) is 101 Å². The van der Waals surface area contributed by atoms with Crippen LogP contribution in [0, 0.1) is 0 Å². The number of anilines is 2. The summed E-state index contributed by atoms with van der Waals surface area (Å²) in [6, 6.07) is 13.8. The molecule has 1 amide bonds.